The molecular formula is C22H21N3O. The number of fused-ring (bicyclic) bond motifs is 1. The summed E-state index contributed by atoms with van der Waals surface area (Å²) in [4.78, 5) is 19.2. The van der Waals surface area contributed by atoms with E-state index in [1.165, 1.54) is 11.3 Å². The topological polar surface area (TPSA) is 45.2 Å². The van der Waals surface area contributed by atoms with Crippen molar-refractivity contribution in [3.05, 3.63) is 83.7 Å². The Morgan fingerprint density at radius 2 is 1.88 bits per heavy atom. The van der Waals surface area contributed by atoms with Crippen molar-refractivity contribution >= 4 is 23.0 Å². The Labute approximate surface area is 153 Å². The number of aryl methyl sites for hydroxylation is 1. The molecule has 0 saturated carbocycles. The van der Waals surface area contributed by atoms with E-state index in [9.17, 15) is 4.79 Å². The van der Waals surface area contributed by atoms with E-state index >= 15 is 0 Å². The van der Waals surface area contributed by atoms with E-state index in [0.29, 0.717) is 11.7 Å². The van der Waals surface area contributed by atoms with E-state index < -0.39 is 0 Å². The molecule has 2 heterocycles. The molecule has 0 spiro atoms. The lowest BCUT2D eigenvalue weighted by Gasteiger charge is -2.25. The van der Waals surface area contributed by atoms with E-state index in [2.05, 4.69) is 46.4 Å². The van der Waals surface area contributed by atoms with Gasteiger partial charge in [-0.3, -0.25) is 9.78 Å². The van der Waals surface area contributed by atoms with Crippen LogP contribution in [0.5, 0.6) is 0 Å². The van der Waals surface area contributed by atoms with E-state index in [1.807, 2.05) is 43.3 Å². The van der Waals surface area contributed by atoms with Gasteiger partial charge in [-0.2, -0.15) is 0 Å². The van der Waals surface area contributed by atoms with Crippen molar-refractivity contribution in [2.45, 2.75) is 26.3 Å². The summed E-state index contributed by atoms with van der Waals surface area (Å²) in [6.45, 7) is 4.18. The molecule has 4 rings (SSSR count). The molecule has 0 saturated heterocycles. The minimum Gasteiger partial charge on any atom is -0.338 e. The molecule has 3 aromatic rings. The number of hydrogen-bond acceptors (Lipinski definition) is 3. The van der Waals surface area contributed by atoms with Crippen molar-refractivity contribution in [1.29, 1.82) is 0 Å². The highest BCUT2D eigenvalue weighted by molar-refractivity contribution is 6.03. The maximum atomic E-state index is 12.7. The second-order valence-electron chi connectivity index (χ2n) is 6.72. The fraction of sp³-hybridized carbons (Fsp3) is 0.182. The van der Waals surface area contributed by atoms with Crippen LogP contribution in [-0.4, -0.2) is 16.9 Å². The Balaban J connectivity index is 1.63. The molecule has 2 aromatic carbocycles. The molecule has 1 aromatic heterocycles. The van der Waals surface area contributed by atoms with Crippen molar-refractivity contribution in [3.63, 3.8) is 0 Å². The Kier molecular flexibility index (Phi) is 4.17. The van der Waals surface area contributed by atoms with Gasteiger partial charge in [0, 0.05) is 29.3 Å². The molecule has 1 unspecified atom stereocenters. The molecule has 1 aliphatic rings. The van der Waals surface area contributed by atoms with Gasteiger partial charge in [0.15, 0.2) is 0 Å². The van der Waals surface area contributed by atoms with Gasteiger partial charge in [-0.15, -0.1) is 0 Å². The van der Waals surface area contributed by atoms with Crippen LogP contribution < -0.4 is 10.2 Å². The average molecular weight is 343 g/mol. The molecule has 26 heavy (non-hydrogen) atoms. The maximum Gasteiger partial charge on any atom is 0.274 e. The normalized spacial score (nSPS) is 15.6. The molecule has 130 valence electrons. The number of benzene rings is 2. The molecule has 0 fully saturated rings. The zero-order valence-electron chi connectivity index (χ0n) is 14.9. The first-order chi connectivity index (χ1) is 12.6. The van der Waals surface area contributed by atoms with E-state index in [-0.39, 0.29) is 5.91 Å². The number of aromatic nitrogens is 1. The second-order valence-corrected chi connectivity index (χ2v) is 6.72. The van der Waals surface area contributed by atoms with Crippen LogP contribution in [0, 0.1) is 6.92 Å². The van der Waals surface area contributed by atoms with Crippen LogP contribution in [0.2, 0.25) is 0 Å². The van der Waals surface area contributed by atoms with Gasteiger partial charge in [0.2, 0.25) is 0 Å². The van der Waals surface area contributed by atoms with Gasteiger partial charge in [0.25, 0.3) is 5.91 Å². The number of carbonyl (C=O) groups excluding carboxylic acids is 1. The molecule has 1 aliphatic heterocycles. The summed E-state index contributed by atoms with van der Waals surface area (Å²) in [5, 5.41) is 2.95. The Morgan fingerprint density at radius 3 is 2.73 bits per heavy atom. The summed E-state index contributed by atoms with van der Waals surface area (Å²) >= 11 is 0. The van der Waals surface area contributed by atoms with Crippen LogP contribution in [-0.2, 0) is 6.42 Å². The number of amides is 1. The Hall–Kier alpha value is -3.14. The van der Waals surface area contributed by atoms with Crippen molar-refractivity contribution in [1.82, 2.24) is 4.98 Å². The van der Waals surface area contributed by atoms with Crippen molar-refractivity contribution < 1.29 is 4.79 Å². The third-order valence-electron chi connectivity index (χ3n) is 4.85. The molecule has 0 aliphatic carbocycles. The number of pyridine rings is 1. The smallest absolute Gasteiger partial charge is 0.274 e. The second kappa shape index (κ2) is 6.64. The van der Waals surface area contributed by atoms with Crippen LogP contribution in [0.15, 0.2) is 66.9 Å². The number of para-hydroxylation sites is 2. The lowest BCUT2D eigenvalue weighted by Crippen LogP contribution is -2.24. The lowest BCUT2D eigenvalue weighted by atomic mass is 10.1. The van der Waals surface area contributed by atoms with Crippen LogP contribution >= 0.6 is 0 Å². The van der Waals surface area contributed by atoms with Gasteiger partial charge in [-0.25, -0.2) is 0 Å². The highest BCUT2D eigenvalue weighted by Gasteiger charge is 2.27. The summed E-state index contributed by atoms with van der Waals surface area (Å²) in [5.74, 6) is -0.193. The van der Waals surface area contributed by atoms with E-state index in [0.717, 1.165) is 23.4 Å². The average Bonchev–Trinajstić information content (AvgIpc) is 2.99. The largest absolute Gasteiger partial charge is 0.338 e. The van der Waals surface area contributed by atoms with Gasteiger partial charge in [0.1, 0.15) is 5.69 Å². The fourth-order valence-electron chi connectivity index (χ4n) is 3.55. The van der Waals surface area contributed by atoms with E-state index in [1.54, 1.807) is 6.20 Å². The summed E-state index contributed by atoms with van der Waals surface area (Å²) in [6.07, 6.45) is 2.71. The fourth-order valence-corrected chi connectivity index (χ4v) is 3.55. The number of nitrogens with zero attached hydrogens (tertiary/aromatic N) is 2. The van der Waals surface area contributed by atoms with Crippen LogP contribution in [0.4, 0.5) is 17.1 Å². The quantitative estimate of drug-likeness (QED) is 0.748. The molecule has 0 bridgehead atoms. The number of rotatable bonds is 3. The number of carbonyl (C=O) groups is 1. The standard InChI is InChI=1S/C22H21N3O/c1-15-7-3-5-9-19(15)24-22(26)20-14-18(11-12-23-20)25-16(2)13-17-8-4-6-10-21(17)25/h3-12,14,16H,13H2,1-2H3,(H,24,26). The molecule has 1 atom stereocenters. The van der Waals surface area contributed by atoms with Gasteiger partial charge in [-0.05, 0) is 55.7 Å². The van der Waals surface area contributed by atoms with Crippen LogP contribution in [0.1, 0.15) is 28.5 Å². The Morgan fingerprint density at radius 1 is 1.12 bits per heavy atom. The molecule has 1 amide bonds. The first kappa shape index (κ1) is 16.3. The first-order valence-electron chi connectivity index (χ1n) is 8.83. The maximum absolute atomic E-state index is 12.7. The molecule has 4 heteroatoms. The molecule has 1 N–H and O–H groups in total. The zero-order chi connectivity index (χ0) is 18.1. The van der Waals surface area contributed by atoms with Gasteiger partial charge in [-0.1, -0.05) is 36.4 Å². The van der Waals surface area contributed by atoms with Crippen molar-refractivity contribution in [2.75, 3.05) is 10.2 Å². The minimum atomic E-state index is -0.193. The molecular weight excluding hydrogens is 322 g/mol. The van der Waals surface area contributed by atoms with Crippen LogP contribution in [0.3, 0.4) is 0 Å². The van der Waals surface area contributed by atoms with Crippen molar-refractivity contribution in [3.8, 4) is 0 Å². The van der Waals surface area contributed by atoms with Gasteiger partial charge in [0.05, 0.1) is 0 Å². The lowest BCUT2D eigenvalue weighted by molar-refractivity contribution is 0.102. The molecule has 4 nitrogen and oxygen atoms in total. The van der Waals surface area contributed by atoms with E-state index in [4.69, 9.17) is 0 Å². The first-order valence-corrected chi connectivity index (χ1v) is 8.83. The monoisotopic (exact) mass is 343 g/mol. The zero-order valence-corrected chi connectivity index (χ0v) is 14.9. The molecule has 0 radical (unpaired) electrons. The van der Waals surface area contributed by atoms with Gasteiger partial charge < -0.3 is 10.2 Å². The highest BCUT2D eigenvalue weighted by atomic mass is 16.1. The number of nitrogens with one attached hydrogen (secondary N) is 1. The Bertz CT molecular complexity index is 967. The predicted octanol–water partition coefficient (Wildman–Crippen LogP) is 4.73. The predicted molar refractivity (Wildman–Crippen MR) is 105 cm³/mol. The summed E-state index contributed by atoms with van der Waals surface area (Å²) < 4.78 is 0. The third kappa shape index (κ3) is 2.94. The third-order valence-corrected chi connectivity index (χ3v) is 4.85. The number of hydrogen-bond donors (Lipinski definition) is 1. The van der Waals surface area contributed by atoms with Gasteiger partial charge >= 0.3 is 0 Å². The van der Waals surface area contributed by atoms with Crippen molar-refractivity contribution in [2.24, 2.45) is 0 Å². The summed E-state index contributed by atoms with van der Waals surface area (Å²) in [5.41, 5.74) is 5.79. The van der Waals surface area contributed by atoms with Crippen LogP contribution in [0.25, 0.3) is 0 Å². The minimum absolute atomic E-state index is 0.193. The highest BCUT2D eigenvalue weighted by Crippen LogP contribution is 2.38. The summed E-state index contributed by atoms with van der Waals surface area (Å²) in [7, 11) is 0. The summed E-state index contributed by atoms with van der Waals surface area (Å²) in [6, 6.07) is 20.3. The SMILES string of the molecule is Cc1ccccc1NC(=O)c1cc(N2c3ccccc3CC2C)ccn1. The number of anilines is 3.